The number of nitriles is 1. The number of nitrogens with zero attached hydrogens (tertiary/aromatic N) is 1. The lowest BCUT2D eigenvalue weighted by Crippen LogP contribution is -2.17. The topological polar surface area (TPSA) is 23.8 Å². The molecule has 0 spiro atoms. The minimum Gasteiger partial charge on any atom is -0.195 e. The van der Waals surface area contributed by atoms with Crippen LogP contribution in [0.1, 0.15) is 96.8 Å². The molecule has 2 heteroatoms. The predicted octanol–water partition coefficient (Wildman–Crippen LogP) is 7.89. The quantitative estimate of drug-likeness (QED) is 0.233. The molecule has 0 aromatic carbocycles. The first-order chi connectivity index (χ1) is 12.7. The van der Waals surface area contributed by atoms with E-state index in [1.165, 1.54) is 102 Å². The van der Waals surface area contributed by atoms with Gasteiger partial charge in [-0.05, 0) is 55.4 Å². The Labute approximate surface area is 160 Å². The number of hydrogen-bond donors (Lipinski definition) is 0. The zero-order valence-electron chi connectivity index (χ0n) is 16.8. The van der Waals surface area contributed by atoms with Gasteiger partial charge < -0.3 is 0 Å². The van der Waals surface area contributed by atoms with E-state index in [0.717, 1.165) is 17.8 Å². The second kappa shape index (κ2) is 12.3. The number of halogens is 1. The highest BCUT2D eigenvalue weighted by Gasteiger charge is 2.23. The van der Waals surface area contributed by atoms with Crippen LogP contribution in [0.2, 0.25) is 0 Å². The van der Waals surface area contributed by atoms with E-state index in [4.69, 9.17) is 5.26 Å². The second-order valence-electron chi connectivity index (χ2n) is 8.75. The summed E-state index contributed by atoms with van der Waals surface area (Å²) in [5, 5.41) is 8.41. The third-order valence-electron chi connectivity index (χ3n) is 6.79. The van der Waals surface area contributed by atoms with Gasteiger partial charge in [0.1, 0.15) is 6.07 Å². The fraction of sp³-hybridized carbons (Fsp3) is 0.792. The van der Waals surface area contributed by atoms with E-state index < -0.39 is 5.83 Å². The molecule has 0 saturated heterocycles. The summed E-state index contributed by atoms with van der Waals surface area (Å²) in [5.74, 6) is 2.81. The molecule has 2 fully saturated rings. The molecular formula is C24H38FN. The SMILES string of the molecule is CCCCC[C@H]1CC[C@H](CC[C@H]2CC[C@H](C=CC=C(F)C#N)CC2)CC1. The van der Waals surface area contributed by atoms with Crippen molar-refractivity contribution >= 4 is 0 Å². The van der Waals surface area contributed by atoms with Gasteiger partial charge in [-0.2, -0.15) is 9.65 Å². The van der Waals surface area contributed by atoms with Gasteiger partial charge in [-0.25, -0.2) is 0 Å². The molecule has 0 N–H and O–H groups in total. The van der Waals surface area contributed by atoms with Crippen molar-refractivity contribution < 1.29 is 4.39 Å². The molecule has 2 aliphatic rings. The van der Waals surface area contributed by atoms with Gasteiger partial charge in [0.15, 0.2) is 5.83 Å². The van der Waals surface area contributed by atoms with Gasteiger partial charge in [0.2, 0.25) is 0 Å². The van der Waals surface area contributed by atoms with Crippen LogP contribution in [0.4, 0.5) is 4.39 Å². The van der Waals surface area contributed by atoms with E-state index in [9.17, 15) is 4.39 Å². The van der Waals surface area contributed by atoms with Crippen molar-refractivity contribution in [2.45, 2.75) is 96.8 Å². The number of rotatable bonds is 9. The van der Waals surface area contributed by atoms with E-state index in [1.807, 2.05) is 0 Å². The van der Waals surface area contributed by atoms with Crippen LogP contribution in [-0.4, -0.2) is 0 Å². The Kier molecular flexibility index (Phi) is 10.0. The summed E-state index contributed by atoms with van der Waals surface area (Å²) in [7, 11) is 0. The highest BCUT2D eigenvalue weighted by molar-refractivity contribution is 5.19. The Morgan fingerprint density at radius 1 is 0.885 bits per heavy atom. The zero-order chi connectivity index (χ0) is 18.6. The summed E-state index contributed by atoms with van der Waals surface area (Å²) in [5.41, 5.74) is 0. The lowest BCUT2D eigenvalue weighted by Gasteiger charge is -2.31. The predicted molar refractivity (Wildman–Crippen MR) is 108 cm³/mol. The molecule has 2 aliphatic carbocycles. The standard InChI is InChI=1S/C24H38FN/c1-2-3-4-6-20-9-13-22(14-10-20)17-18-23-15-11-21(12-16-23)7-5-8-24(25)19-26/h5,7-8,20-23H,2-4,6,9-18H2,1H3/t20-,21-,22-,23-. The summed E-state index contributed by atoms with van der Waals surface area (Å²) in [6.07, 6.45) is 24.7. The molecule has 1 nitrogen and oxygen atoms in total. The van der Waals surface area contributed by atoms with Crippen molar-refractivity contribution in [2.75, 3.05) is 0 Å². The molecule has 26 heavy (non-hydrogen) atoms. The van der Waals surface area contributed by atoms with E-state index in [-0.39, 0.29) is 0 Å². The fourth-order valence-electron chi connectivity index (χ4n) is 4.97. The highest BCUT2D eigenvalue weighted by atomic mass is 19.1. The lowest BCUT2D eigenvalue weighted by molar-refractivity contribution is 0.219. The Hall–Kier alpha value is -1.10. The Bertz CT molecular complexity index is 471. The molecule has 0 amide bonds. The van der Waals surface area contributed by atoms with E-state index >= 15 is 0 Å². The molecule has 0 aromatic rings. The van der Waals surface area contributed by atoms with Crippen LogP contribution < -0.4 is 0 Å². The molecule has 2 rings (SSSR count). The molecule has 0 atom stereocenters. The van der Waals surface area contributed by atoms with Gasteiger partial charge in [-0.1, -0.05) is 83.3 Å². The van der Waals surface area contributed by atoms with Gasteiger partial charge in [0.25, 0.3) is 0 Å². The lowest BCUT2D eigenvalue weighted by atomic mass is 9.75. The summed E-state index contributed by atoms with van der Waals surface area (Å²) in [6, 6.07) is 1.52. The van der Waals surface area contributed by atoms with Crippen LogP contribution in [-0.2, 0) is 0 Å². The molecule has 146 valence electrons. The van der Waals surface area contributed by atoms with Crippen LogP contribution in [0, 0.1) is 35.0 Å². The van der Waals surface area contributed by atoms with Gasteiger partial charge in [0.05, 0.1) is 0 Å². The van der Waals surface area contributed by atoms with Crippen molar-refractivity contribution in [3.05, 3.63) is 24.1 Å². The molecule has 0 unspecified atom stereocenters. The second-order valence-corrected chi connectivity index (χ2v) is 8.75. The van der Waals surface area contributed by atoms with Crippen LogP contribution in [0.25, 0.3) is 0 Å². The zero-order valence-corrected chi connectivity index (χ0v) is 16.8. The van der Waals surface area contributed by atoms with E-state index in [0.29, 0.717) is 5.92 Å². The molecule has 0 bridgehead atoms. The van der Waals surface area contributed by atoms with Crippen LogP contribution >= 0.6 is 0 Å². The smallest absolute Gasteiger partial charge is 0.195 e. The normalized spacial score (nSPS) is 30.4. The van der Waals surface area contributed by atoms with Crippen molar-refractivity contribution in [1.29, 1.82) is 5.26 Å². The Balaban J connectivity index is 1.56. The van der Waals surface area contributed by atoms with Crippen LogP contribution in [0.15, 0.2) is 24.1 Å². The fourth-order valence-corrected chi connectivity index (χ4v) is 4.97. The van der Waals surface area contributed by atoms with Gasteiger partial charge in [-0.15, -0.1) is 0 Å². The first-order valence-electron chi connectivity index (χ1n) is 11.1. The summed E-state index contributed by atoms with van der Waals surface area (Å²) in [4.78, 5) is 0. The third kappa shape index (κ3) is 8.07. The first-order valence-corrected chi connectivity index (χ1v) is 11.1. The van der Waals surface area contributed by atoms with Crippen molar-refractivity contribution in [2.24, 2.45) is 23.7 Å². The monoisotopic (exact) mass is 359 g/mol. The minimum absolute atomic E-state index is 0.576. The van der Waals surface area contributed by atoms with Gasteiger partial charge in [-0.3, -0.25) is 0 Å². The largest absolute Gasteiger partial charge is 0.199 e. The average molecular weight is 360 g/mol. The molecule has 2 saturated carbocycles. The number of unbranched alkanes of at least 4 members (excludes halogenated alkanes) is 2. The van der Waals surface area contributed by atoms with Crippen LogP contribution in [0.3, 0.4) is 0 Å². The summed E-state index contributed by atoms with van der Waals surface area (Å²) < 4.78 is 12.8. The maximum atomic E-state index is 12.8. The Morgan fingerprint density at radius 2 is 1.42 bits per heavy atom. The average Bonchev–Trinajstić information content (AvgIpc) is 2.68. The maximum Gasteiger partial charge on any atom is 0.199 e. The molecule has 0 radical (unpaired) electrons. The van der Waals surface area contributed by atoms with Crippen LogP contribution in [0.5, 0.6) is 0 Å². The summed E-state index contributed by atoms with van der Waals surface area (Å²) in [6.45, 7) is 2.30. The van der Waals surface area contributed by atoms with Gasteiger partial charge >= 0.3 is 0 Å². The molecular weight excluding hydrogens is 321 g/mol. The minimum atomic E-state index is -0.699. The summed E-state index contributed by atoms with van der Waals surface area (Å²) >= 11 is 0. The molecule has 0 heterocycles. The first kappa shape index (κ1) is 21.2. The Morgan fingerprint density at radius 3 is 1.96 bits per heavy atom. The third-order valence-corrected chi connectivity index (χ3v) is 6.79. The van der Waals surface area contributed by atoms with E-state index in [2.05, 4.69) is 13.0 Å². The maximum absolute atomic E-state index is 12.8. The van der Waals surface area contributed by atoms with Crippen molar-refractivity contribution in [3.63, 3.8) is 0 Å². The van der Waals surface area contributed by atoms with Crippen molar-refractivity contribution in [1.82, 2.24) is 0 Å². The van der Waals surface area contributed by atoms with Gasteiger partial charge in [0, 0.05) is 0 Å². The molecule has 0 aliphatic heterocycles. The number of hydrogen-bond acceptors (Lipinski definition) is 1. The number of allylic oxidation sites excluding steroid dienone is 4. The molecule has 0 aromatic heterocycles. The van der Waals surface area contributed by atoms with E-state index in [1.54, 1.807) is 6.08 Å². The highest BCUT2D eigenvalue weighted by Crippen LogP contribution is 2.38. The van der Waals surface area contributed by atoms with Crippen molar-refractivity contribution in [3.8, 4) is 6.07 Å².